The number of piperidine rings is 1. The summed E-state index contributed by atoms with van der Waals surface area (Å²) in [6, 6.07) is 14.6. The Bertz CT molecular complexity index is 1210. The van der Waals surface area contributed by atoms with Crippen LogP contribution in [0.4, 0.5) is 17.1 Å². The van der Waals surface area contributed by atoms with E-state index in [4.69, 9.17) is 28.2 Å². The minimum Gasteiger partial charge on any atom is -0.451 e. The number of carbonyl (C=O) groups excluding carboxylic acids is 1. The Labute approximate surface area is 200 Å². The minimum atomic E-state index is -0.541. The van der Waals surface area contributed by atoms with Crippen LogP contribution >= 0.6 is 23.8 Å². The molecule has 0 radical (unpaired) electrons. The fourth-order valence-corrected chi connectivity index (χ4v) is 4.20. The normalized spacial score (nSPS) is 13.4. The summed E-state index contributed by atoms with van der Waals surface area (Å²) < 4.78 is 5.57. The molecule has 170 valence electrons. The maximum absolute atomic E-state index is 12.5. The third kappa shape index (κ3) is 5.50. The van der Waals surface area contributed by atoms with E-state index in [0.29, 0.717) is 22.0 Å². The molecule has 2 aromatic carbocycles. The number of amides is 1. The molecule has 2 heterocycles. The van der Waals surface area contributed by atoms with Crippen LogP contribution in [0, 0.1) is 10.1 Å². The van der Waals surface area contributed by atoms with Crippen LogP contribution < -0.4 is 15.5 Å². The van der Waals surface area contributed by atoms with Crippen molar-refractivity contribution in [3.8, 4) is 11.3 Å². The first kappa shape index (κ1) is 22.8. The Morgan fingerprint density at radius 2 is 1.88 bits per heavy atom. The first-order valence-corrected chi connectivity index (χ1v) is 11.2. The molecular weight excluding hydrogens is 464 g/mol. The lowest BCUT2D eigenvalue weighted by Gasteiger charge is -2.29. The third-order valence-electron chi connectivity index (χ3n) is 5.30. The molecule has 1 amide bonds. The summed E-state index contributed by atoms with van der Waals surface area (Å²) in [5.41, 5.74) is 2.07. The molecule has 3 aromatic rings. The molecule has 1 aliphatic heterocycles. The summed E-state index contributed by atoms with van der Waals surface area (Å²) in [6.45, 7) is 1.98. The standard InChI is InChI=1S/C23H21ClN4O4S/c24-18-14-16(7-8-19(18)27-11-2-1-3-12-27)25-23(33)26-22(29)21-10-9-20(32-21)15-5-4-6-17(13-15)28(30)31/h4-10,13-14H,1-3,11-12H2,(H2,25,26,29,33). The average Bonchev–Trinajstić information content (AvgIpc) is 3.30. The van der Waals surface area contributed by atoms with E-state index >= 15 is 0 Å². The van der Waals surface area contributed by atoms with Gasteiger partial charge in [0.05, 0.1) is 15.6 Å². The van der Waals surface area contributed by atoms with Crippen LogP contribution in [0.3, 0.4) is 0 Å². The maximum Gasteiger partial charge on any atom is 0.293 e. The van der Waals surface area contributed by atoms with Gasteiger partial charge in [-0.05, 0) is 61.8 Å². The van der Waals surface area contributed by atoms with Crippen molar-refractivity contribution in [2.45, 2.75) is 19.3 Å². The highest BCUT2D eigenvalue weighted by atomic mass is 35.5. The van der Waals surface area contributed by atoms with Crippen LogP contribution in [0.1, 0.15) is 29.8 Å². The Balaban J connectivity index is 1.38. The number of non-ortho nitro benzene ring substituents is 1. The van der Waals surface area contributed by atoms with Crippen molar-refractivity contribution in [1.29, 1.82) is 0 Å². The van der Waals surface area contributed by atoms with E-state index in [1.807, 2.05) is 12.1 Å². The molecular formula is C23H21ClN4O4S. The zero-order valence-corrected chi connectivity index (χ0v) is 19.1. The summed E-state index contributed by atoms with van der Waals surface area (Å²) in [6.07, 6.45) is 3.55. The number of nitrogens with one attached hydrogen (secondary N) is 2. The number of halogens is 1. The second-order valence-corrected chi connectivity index (χ2v) is 8.41. The fraction of sp³-hybridized carbons (Fsp3) is 0.217. The van der Waals surface area contributed by atoms with Crippen molar-refractivity contribution in [2.24, 2.45) is 0 Å². The summed E-state index contributed by atoms with van der Waals surface area (Å²) in [7, 11) is 0. The molecule has 4 rings (SSSR count). The Kier molecular flexibility index (Phi) is 6.90. The molecule has 33 heavy (non-hydrogen) atoms. The smallest absolute Gasteiger partial charge is 0.293 e. The van der Waals surface area contributed by atoms with Crippen molar-refractivity contribution >= 4 is 51.9 Å². The molecule has 10 heteroatoms. The van der Waals surface area contributed by atoms with Gasteiger partial charge in [-0.1, -0.05) is 23.7 Å². The van der Waals surface area contributed by atoms with Gasteiger partial charge in [-0.2, -0.15) is 0 Å². The van der Waals surface area contributed by atoms with Gasteiger partial charge in [-0.25, -0.2) is 0 Å². The van der Waals surface area contributed by atoms with E-state index in [1.54, 1.807) is 24.3 Å². The largest absolute Gasteiger partial charge is 0.451 e. The van der Waals surface area contributed by atoms with E-state index < -0.39 is 10.8 Å². The Morgan fingerprint density at radius 1 is 1.09 bits per heavy atom. The zero-order valence-electron chi connectivity index (χ0n) is 17.5. The van der Waals surface area contributed by atoms with Crippen molar-refractivity contribution in [3.63, 3.8) is 0 Å². The van der Waals surface area contributed by atoms with Gasteiger partial charge in [0.2, 0.25) is 0 Å². The molecule has 2 N–H and O–H groups in total. The second-order valence-electron chi connectivity index (χ2n) is 7.59. The number of furan rings is 1. The number of benzene rings is 2. The number of rotatable bonds is 5. The van der Waals surface area contributed by atoms with Crippen LogP contribution in [0.25, 0.3) is 11.3 Å². The average molecular weight is 485 g/mol. The number of nitro groups is 1. The van der Waals surface area contributed by atoms with E-state index in [2.05, 4.69) is 15.5 Å². The summed E-state index contributed by atoms with van der Waals surface area (Å²) in [5.74, 6) is -0.179. The summed E-state index contributed by atoms with van der Waals surface area (Å²) >= 11 is 11.7. The highest BCUT2D eigenvalue weighted by molar-refractivity contribution is 7.80. The lowest BCUT2D eigenvalue weighted by molar-refractivity contribution is -0.384. The predicted octanol–water partition coefficient (Wildman–Crippen LogP) is 5.63. The van der Waals surface area contributed by atoms with Crippen molar-refractivity contribution in [3.05, 3.63) is 75.5 Å². The van der Waals surface area contributed by atoms with Gasteiger partial charge in [0.15, 0.2) is 10.9 Å². The first-order chi connectivity index (χ1) is 15.9. The van der Waals surface area contributed by atoms with Gasteiger partial charge in [-0.15, -0.1) is 0 Å². The van der Waals surface area contributed by atoms with Gasteiger partial charge in [0.1, 0.15) is 5.76 Å². The molecule has 0 aliphatic carbocycles. The molecule has 0 spiro atoms. The number of nitro benzene ring substituents is 1. The Morgan fingerprint density at radius 3 is 2.61 bits per heavy atom. The highest BCUT2D eigenvalue weighted by Gasteiger charge is 2.17. The molecule has 0 atom stereocenters. The lowest BCUT2D eigenvalue weighted by atomic mass is 10.1. The monoisotopic (exact) mass is 484 g/mol. The topological polar surface area (TPSA) is 101 Å². The molecule has 8 nitrogen and oxygen atoms in total. The first-order valence-electron chi connectivity index (χ1n) is 10.4. The van der Waals surface area contributed by atoms with E-state index in [-0.39, 0.29) is 16.6 Å². The molecule has 1 aromatic heterocycles. The van der Waals surface area contributed by atoms with E-state index in [0.717, 1.165) is 31.6 Å². The van der Waals surface area contributed by atoms with E-state index in [1.165, 1.54) is 24.6 Å². The number of anilines is 2. The summed E-state index contributed by atoms with van der Waals surface area (Å²) in [5, 5.41) is 17.2. The number of hydrogen-bond acceptors (Lipinski definition) is 6. The quantitative estimate of drug-likeness (QED) is 0.275. The fourth-order valence-electron chi connectivity index (χ4n) is 3.69. The maximum atomic E-state index is 12.5. The minimum absolute atomic E-state index is 0.0270. The van der Waals surface area contributed by atoms with Crippen molar-refractivity contribution in [1.82, 2.24) is 5.32 Å². The van der Waals surface area contributed by atoms with Crippen LogP contribution in [-0.2, 0) is 0 Å². The molecule has 1 aliphatic rings. The van der Waals surface area contributed by atoms with Crippen LogP contribution in [0.5, 0.6) is 0 Å². The molecule has 1 saturated heterocycles. The number of thiocarbonyl (C=S) groups is 1. The molecule has 0 saturated carbocycles. The van der Waals surface area contributed by atoms with Crippen molar-refractivity contribution in [2.75, 3.05) is 23.3 Å². The number of carbonyl (C=O) groups is 1. The SMILES string of the molecule is O=C(NC(=S)Nc1ccc(N2CCCCC2)c(Cl)c1)c1ccc(-c2cccc([N+](=O)[O-])c2)o1. The molecule has 1 fully saturated rings. The Hall–Kier alpha value is -3.43. The third-order valence-corrected chi connectivity index (χ3v) is 5.81. The second kappa shape index (κ2) is 10.0. The zero-order chi connectivity index (χ0) is 23.4. The predicted molar refractivity (Wildman–Crippen MR) is 132 cm³/mol. The van der Waals surface area contributed by atoms with Crippen LogP contribution in [0.15, 0.2) is 59.0 Å². The lowest BCUT2D eigenvalue weighted by Crippen LogP contribution is -2.34. The number of nitrogens with zero attached hydrogens (tertiary/aromatic N) is 2. The van der Waals surface area contributed by atoms with Gasteiger partial charge in [-0.3, -0.25) is 20.2 Å². The van der Waals surface area contributed by atoms with Crippen LogP contribution in [-0.4, -0.2) is 29.0 Å². The summed E-state index contributed by atoms with van der Waals surface area (Å²) in [4.78, 5) is 25.3. The molecule has 0 bridgehead atoms. The van der Waals surface area contributed by atoms with Crippen LogP contribution in [0.2, 0.25) is 5.02 Å². The van der Waals surface area contributed by atoms with Gasteiger partial charge in [0.25, 0.3) is 11.6 Å². The highest BCUT2D eigenvalue weighted by Crippen LogP contribution is 2.31. The van der Waals surface area contributed by atoms with E-state index in [9.17, 15) is 14.9 Å². The van der Waals surface area contributed by atoms with Crippen molar-refractivity contribution < 1.29 is 14.1 Å². The van der Waals surface area contributed by atoms with Gasteiger partial charge >= 0.3 is 0 Å². The number of hydrogen-bond donors (Lipinski definition) is 2. The van der Waals surface area contributed by atoms with Gasteiger partial charge < -0.3 is 14.6 Å². The van der Waals surface area contributed by atoms with Gasteiger partial charge in [0, 0.05) is 36.5 Å². The molecule has 0 unspecified atom stereocenters.